The molecule has 3 rings (SSSR count). The van der Waals surface area contributed by atoms with Crippen LogP contribution in [0.5, 0.6) is 0 Å². The summed E-state index contributed by atoms with van der Waals surface area (Å²) in [6.45, 7) is 4.63. The maximum absolute atomic E-state index is 13.0. The summed E-state index contributed by atoms with van der Waals surface area (Å²) in [6, 6.07) is 5.91. The smallest absolute Gasteiger partial charge is 0.253 e. The monoisotopic (exact) mass is 348 g/mol. The number of amides is 2. The Kier molecular flexibility index (Phi) is 3.61. The van der Waals surface area contributed by atoms with Crippen molar-refractivity contribution in [3.8, 4) is 0 Å². The fourth-order valence-corrected chi connectivity index (χ4v) is 3.69. The van der Waals surface area contributed by atoms with Gasteiger partial charge in [-0.05, 0) is 36.1 Å². The van der Waals surface area contributed by atoms with Gasteiger partial charge < -0.3 is 10.2 Å². The van der Waals surface area contributed by atoms with Gasteiger partial charge in [0, 0.05) is 24.0 Å². The SMILES string of the molecule is C=CCN1CCC(=O)NC2(CCc3cc(Br)ccc32)C1=O. The molecule has 0 saturated carbocycles. The van der Waals surface area contributed by atoms with E-state index in [2.05, 4.69) is 27.8 Å². The first-order valence-electron chi connectivity index (χ1n) is 7.07. The van der Waals surface area contributed by atoms with E-state index in [1.54, 1.807) is 11.0 Å². The molecule has 0 radical (unpaired) electrons. The summed E-state index contributed by atoms with van der Waals surface area (Å²) in [7, 11) is 0. The van der Waals surface area contributed by atoms with Gasteiger partial charge in [0.2, 0.25) is 5.91 Å². The van der Waals surface area contributed by atoms with Gasteiger partial charge in [-0.2, -0.15) is 0 Å². The Morgan fingerprint density at radius 3 is 2.95 bits per heavy atom. The molecule has 1 atom stereocenters. The van der Waals surface area contributed by atoms with Gasteiger partial charge in [0.1, 0.15) is 5.54 Å². The third kappa shape index (κ3) is 2.29. The molecule has 1 unspecified atom stereocenters. The van der Waals surface area contributed by atoms with Crippen molar-refractivity contribution < 1.29 is 9.59 Å². The average Bonchev–Trinajstić information content (AvgIpc) is 2.76. The molecule has 1 aromatic rings. The number of nitrogens with zero attached hydrogens (tertiary/aromatic N) is 1. The van der Waals surface area contributed by atoms with Crippen LogP contribution in [0.1, 0.15) is 24.0 Å². The van der Waals surface area contributed by atoms with Gasteiger partial charge in [0.25, 0.3) is 5.91 Å². The fraction of sp³-hybridized carbons (Fsp3) is 0.375. The van der Waals surface area contributed by atoms with Crippen LogP contribution in [-0.2, 0) is 21.5 Å². The average molecular weight is 349 g/mol. The number of nitrogens with one attached hydrogen (secondary N) is 1. The van der Waals surface area contributed by atoms with Crippen LogP contribution in [-0.4, -0.2) is 29.8 Å². The summed E-state index contributed by atoms with van der Waals surface area (Å²) >= 11 is 3.46. The minimum absolute atomic E-state index is 0.0191. The van der Waals surface area contributed by atoms with Crippen LogP contribution in [0, 0.1) is 0 Å². The zero-order valence-corrected chi connectivity index (χ0v) is 13.3. The van der Waals surface area contributed by atoms with Gasteiger partial charge >= 0.3 is 0 Å². The molecule has 4 nitrogen and oxygen atoms in total. The Morgan fingerprint density at radius 2 is 2.19 bits per heavy atom. The molecule has 110 valence electrons. The van der Waals surface area contributed by atoms with Crippen molar-refractivity contribution in [2.24, 2.45) is 0 Å². The quantitative estimate of drug-likeness (QED) is 0.832. The summed E-state index contributed by atoms with van der Waals surface area (Å²) in [4.78, 5) is 26.8. The Bertz CT molecular complexity index is 629. The minimum Gasteiger partial charge on any atom is -0.338 e. The summed E-state index contributed by atoms with van der Waals surface area (Å²) < 4.78 is 0.994. The first-order valence-corrected chi connectivity index (χ1v) is 7.86. The highest BCUT2D eigenvalue weighted by molar-refractivity contribution is 9.10. The molecular formula is C16H17BrN2O2. The van der Waals surface area contributed by atoms with E-state index in [0.29, 0.717) is 25.9 Å². The summed E-state index contributed by atoms with van der Waals surface area (Å²) in [5.74, 6) is -0.0833. The number of rotatable bonds is 2. The number of hydrogen-bond donors (Lipinski definition) is 1. The second kappa shape index (κ2) is 5.30. The van der Waals surface area contributed by atoms with Crippen LogP contribution in [0.3, 0.4) is 0 Å². The van der Waals surface area contributed by atoms with E-state index in [-0.39, 0.29) is 11.8 Å². The number of carbonyl (C=O) groups excluding carboxylic acids is 2. The highest BCUT2D eigenvalue weighted by Crippen LogP contribution is 2.40. The number of carbonyl (C=O) groups is 2. The molecule has 1 heterocycles. The Morgan fingerprint density at radius 1 is 1.38 bits per heavy atom. The molecule has 1 aliphatic heterocycles. The molecule has 1 aliphatic carbocycles. The molecule has 5 heteroatoms. The summed E-state index contributed by atoms with van der Waals surface area (Å²) in [5.41, 5.74) is 1.16. The number of fused-ring (bicyclic) bond motifs is 2. The lowest BCUT2D eigenvalue weighted by Crippen LogP contribution is -2.53. The maximum atomic E-state index is 13.0. The zero-order valence-electron chi connectivity index (χ0n) is 11.7. The molecule has 1 spiro atoms. The normalized spacial score (nSPS) is 24.7. The van der Waals surface area contributed by atoms with Crippen molar-refractivity contribution >= 4 is 27.7 Å². The molecule has 1 N–H and O–H groups in total. The molecule has 2 aliphatic rings. The van der Waals surface area contributed by atoms with Gasteiger partial charge in [-0.3, -0.25) is 9.59 Å². The lowest BCUT2D eigenvalue weighted by Gasteiger charge is -2.32. The lowest BCUT2D eigenvalue weighted by molar-refractivity contribution is -0.138. The van der Waals surface area contributed by atoms with Gasteiger partial charge in [-0.1, -0.05) is 28.1 Å². The molecule has 0 aromatic heterocycles. The van der Waals surface area contributed by atoms with E-state index < -0.39 is 5.54 Å². The summed E-state index contributed by atoms with van der Waals surface area (Å²) in [5, 5.41) is 2.99. The van der Waals surface area contributed by atoms with Crippen LogP contribution in [0.2, 0.25) is 0 Å². The van der Waals surface area contributed by atoms with E-state index in [0.717, 1.165) is 22.0 Å². The topological polar surface area (TPSA) is 49.4 Å². The molecule has 21 heavy (non-hydrogen) atoms. The van der Waals surface area contributed by atoms with E-state index in [1.807, 2.05) is 18.2 Å². The Labute approximate surface area is 132 Å². The van der Waals surface area contributed by atoms with Crippen molar-refractivity contribution in [1.82, 2.24) is 10.2 Å². The van der Waals surface area contributed by atoms with E-state index in [9.17, 15) is 9.59 Å². The molecule has 1 fully saturated rings. The van der Waals surface area contributed by atoms with Crippen molar-refractivity contribution in [3.05, 3.63) is 46.5 Å². The van der Waals surface area contributed by atoms with E-state index in [1.165, 1.54) is 0 Å². The fourth-order valence-electron chi connectivity index (χ4n) is 3.29. The third-order valence-electron chi connectivity index (χ3n) is 4.26. The third-order valence-corrected chi connectivity index (χ3v) is 4.75. The van der Waals surface area contributed by atoms with Crippen LogP contribution >= 0.6 is 15.9 Å². The minimum atomic E-state index is -0.896. The standard InChI is InChI=1S/C16H17BrN2O2/c1-2-8-19-9-6-14(20)18-16(15(19)21)7-5-11-10-12(17)3-4-13(11)16/h2-4,10H,1,5-9H2,(H,18,20). The number of hydrogen-bond acceptors (Lipinski definition) is 2. The molecule has 1 aromatic carbocycles. The van der Waals surface area contributed by atoms with Crippen molar-refractivity contribution in [1.29, 1.82) is 0 Å². The number of benzene rings is 1. The largest absolute Gasteiger partial charge is 0.338 e. The van der Waals surface area contributed by atoms with Crippen LogP contribution < -0.4 is 5.32 Å². The highest BCUT2D eigenvalue weighted by Gasteiger charge is 2.49. The summed E-state index contributed by atoms with van der Waals surface area (Å²) in [6.07, 6.45) is 3.46. The van der Waals surface area contributed by atoms with Crippen molar-refractivity contribution in [3.63, 3.8) is 0 Å². The van der Waals surface area contributed by atoms with Crippen LogP contribution in [0.15, 0.2) is 35.3 Å². The first-order chi connectivity index (χ1) is 10.1. The predicted octanol–water partition coefficient (Wildman–Crippen LogP) is 2.13. The van der Waals surface area contributed by atoms with Crippen molar-refractivity contribution in [2.45, 2.75) is 24.8 Å². The molecule has 2 amide bonds. The van der Waals surface area contributed by atoms with Crippen LogP contribution in [0.4, 0.5) is 0 Å². The first kappa shape index (κ1) is 14.3. The van der Waals surface area contributed by atoms with E-state index >= 15 is 0 Å². The maximum Gasteiger partial charge on any atom is 0.253 e. The van der Waals surface area contributed by atoms with Gasteiger partial charge in [0.05, 0.1) is 0 Å². The van der Waals surface area contributed by atoms with Gasteiger partial charge in [0.15, 0.2) is 0 Å². The van der Waals surface area contributed by atoms with Crippen LogP contribution in [0.25, 0.3) is 0 Å². The molecule has 0 bridgehead atoms. The lowest BCUT2D eigenvalue weighted by atomic mass is 9.90. The second-order valence-corrected chi connectivity index (χ2v) is 6.46. The molecule has 1 saturated heterocycles. The number of aryl methyl sites for hydroxylation is 1. The number of halogens is 1. The predicted molar refractivity (Wildman–Crippen MR) is 83.7 cm³/mol. The van der Waals surface area contributed by atoms with E-state index in [4.69, 9.17) is 0 Å². The van der Waals surface area contributed by atoms with Gasteiger partial charge in [-0.15, -0.1) is 6.58 Å². The second-order valence-electron chi connectivity index (χ2n) is 5.54. The molecular weight excluding hydrogens is 332 g/mol. The Hall–Kier alpha value is -1.62. The van der Waals surface area contributed by atoms with Gasteiger partial charge in [-0.25, -0.2) is 0 Å². The zero-order chi connectivity index (χ0) is 15.0. The van der Waals surface area contributed by atoms with Crippen molar-refractivity contribution in [2.75, 3.05) is 13.1 Å². The highest BCUT2D eigenvalue weighted by atomic mass is 79.9. The Balaban J connectivity index is 2.08.